The summed E-state index contributed by atoms with van der Waals surface area (Å²) in [6.45, 7) is 6.23. The van der Waals surface area contributed by atoms with Crippen LogP contribution in [-0.4, -0.2) is 11.1 Å². The molecule has 0 radical (unpaired) electrons. The molecule has 2 rings (SSSR count). The van der Waals surface area contributed by atoms with Gasteiger partial charge in [-0.25, -0.2) is 4.79 Å². The number of aromatic carboxylic acids is 1. The minimum absolute atomic E-state index is 0.00560. The molecule has 2 N–H and O–H groups in total. The summed E-state index contributed by atoms with van der Waals surface area (Å²) in [5.74, 6) is -0.419. The van der Waals surface area contributed by atoms with Crippen molar-refractivity contribution in [3.8, 4) is 0 Å². The zero-order valence-electron chi connectivity index (χ0n) is 11.6. The van der Waals surface area contributed by atoms with Gasteiger partial charge in [-0.2, -0.15) is 0 Å². The fourth-order valence-electron chi connectivity index (χ4n) is 2.21. The first kappa shape index (κ1) is 14.7. The molecule has 2 aromatic rings. The maximum absolute atomic E-state index is 10.9. The largest absolute Gasteiger partial charge is 0.475 e. The molecular weight excluding hydrogens is 322 g/mol. The van der Waals surface area contributed by atoms with E-state index in [4.69, 9.17) is 9.52 Å². The topological polar surface area (TPSA) is 62.5 Å². The first-order valence-corrected chi connectivity index (χ1v) is 7.01. The van der Waals surface area contributed by atoms with Crippen molar-refractivity contribution in [3.63, 3.8) is 0 Å². The summed E-state index contributed by atoms with van der Waals surface area (Å²) in [5, 5.41) is 12.3. The molecule has 0 fully saturated rings. The van der Waals surface area contributed by atoms with E-state index in [-0.39, 0.29) is 5.76 Å². The predicted molar refractivity (Wildman–Crippen MR) is 81.3 cm³/mol. The molecule has 4 nitrogen and oxygen atoms in total. The maximum Gasteiger partial charge on any atom is 0.372 e. The number of furan rings is 1. The third-order valence-electron chi connectivity index (χ3n) is 3.10. The van der Waals surface area contributed by atoms with Crippen LogP contribution in [0.3, 0.4) is 0 Å². The van der Waals surface area contributed by atoms with E-state index in [1.807, 2.05) is 26.0 Å². The van der Waals surface area contributed by atoms with Crippen LogP contribution in [0.15, 0.2) is 27.1 Å². The third kappa shape index (κ3) is 3.04. The maximum atomic E-state index is 10.9. The molecule has 0 atom stereocenters. The minimum atomic E-state index is -1.04. The Morgan fingerprint density at radius 3 is 2.30 bits per heavy atom. The van der Waals surface area contributed by atoms with Crippen molar-refractivity contribution in [2.24, 2.45) is 0 Å². The van der Waals surface area contributed by atoms with Gasteiger partial charge in [0.15, 0.2) is 0 Å². The second kappa shape index (κ2) is 5.71. The molecule has 0 spiro atoms. The number of anilines is 1. The van der Waals surface area contributed by atoms with Gasteiger partial charge in [0.25, 0.3) is 0 Å². The highest BCUT2D eigenvalue weighted by Gasteiger charge is 2.14. The van der Waals surface area contributed by atoms with Crippen LogP contribution in [0.1, 0.15) is 33.0 Å². The van der Waals surface area contributed by atoms with Gasteiger partial charge in [0.1, 0.15) is 5.76 Å². The van der Waals surface area contributed by atoms with E-state index in [2.05, 4.69) is 21.2 Å². The lowest BCUT2D eigenvalue weighted by atomic mass is 10.1. The number of aryl methyl sites for hydroxylation is 3. The van der Waals surface area contributed by atoms with Gasteiger partial charge < -0.3 is 14.8 Å². The van der Waals surface area contributed by atoms with Crippen LogP contribution in [-0.2, 0) is 6.54 Å². The molecule has 0 bridgehead atoms. The first-order valence-electron chi connectivity index (χ1n) is 6.21. The second-order valence-electron chi connectivity index (χ2n) is 4.80. The lowest BCUT2D eigenvalue weighted by molar-refractivity contribution is 0.0659. The van der Waals surface area contributed by atoms with Crippen molar-refractivity contribution in [1.29, 1.82) is 0 Å². The van der Waals surface area contributed by atoms with Gasteiger partial charge in [-0.1, -0.05) is 15.9 Å². The van der Waals surface area contributed by atoms with E-state index in [0.29, 0.717) is 17.9 Å². The van der Waals surface area contributed by atoms with E-state index >= 15 is 0 Å². The number of rotatable bonds is 4. The summed E-state index contributed by atoms with van der Waals surface area (Å²) in [4.78, 5) is 10.9. The Balaban J connectivity index is 2.17. The van der Waals surface area contributed by atoms with E-state index in [1.54, 1.807) is 13.0 Å². The summed E-state index contributed by atoms with van der Waals surface area (Å²) in [5.41, 5.74) is 3.93. The van der Waals surface area contributed by atoms with Gasteiger partial charge in [0.05, 0.1) is 6.54 Å². The lowest BCUT2D eigenvalue weighted by Crippen LogP contribution is -2.02. The number of nitrogens with one attached hydrogen (secondary N) is 1. The fourth-order valence-corrected chi connectivity index (χ4v) is 2.90. The van der Waals surface area contributed by atoms with Gasteiger partial charge in [-0.3, -0.25) is 0 Å². The van der Waals surface area contributed by atoms with Gasteiger partial charge in [0, 0.05) is 15.7 Å². The van der Waals surface area contributed by atoms with Gasteiger partial charge in [-0.05, 0) is 50.1 Å². The normalized spacial score (nSPS) is 10.6. The molecule has 0 amide bonds. The van der Waals surface area contributed by atoms with Crippen LogP contribution in [0.5, 0.6) is 0 Å². The molecule has 1 aromatic carbocycles. The van der Waals surface area contributed by atoms with Crippen LogP contribution >= 0.6 is 15.9 Å². The smallest absolute Gasteiger partial charge is 0.372 e. The molecular formula is C15H16BrNO3. The van der Waals surface area contributed by atoms with Crippen molar-refractivity contribution in [3.05, 3.63) is 50.9 Å². The average Bonchev–Trinajstić information content (AvgIpc) is 2.69. The van der Waals surface area contributed by atoms with Gasteiger partial charge in [-0.15, -0.1) is 0 Å². The Morgan fingerprint density at radius 1 is 1.20 bits per heavy atom. The molecule has 0 unspecified atom stereocenters. The molecule has 0 aliphatic carbocycles. The van der Waals surface area contributed by atoms with Crippen molar-refractivity contribution < 1.29 is 14.3 Å². The van der Waals surface area contributed by atoms with Crippen LogP contribution in [0.4, 0.5) is 5.69 Å². The average molecular weight is 338 g/mol. The molecule has 0 saturated heterocycles. The fraction of sp³-hybridized carbons (Fsp3) is 0.267. The zero-order valence-corrected chi connectivity index (χ0v) is 13.2. The zero-order chi connectivity index (χ0) is 14.9. The predicted octanol–water partition coefficient (Wildman–Crippen LogP) is 4.28. The summed E-state index contributed by atoms with van der Waals surface area (Å²) >= 11 is 3.46. The van der Waals surface area contributed by atoms with Crippen LogP contribution < -0.4 is 5.32 Å². The summed E-state index contributed by atoms with van der Waals surface area (Å²) in [7, 11) is 0. The van der Waals surface area contributed by atoms with Gasteiger partial charge in [0.2, 0.25) is 5.76 Å². The summed E-state index contributed by atoms with van der Waals surface area (Å²) < 4.78 is 6.37. The molecule has 1 aromatic heterocycles. The van der Waals surface area contributed by atoms with Crippen LogP contribution in [0.2, 0.25) is 0 Å². The molecule has 0 aliphatic heterocycles. The molecule has 106 valence electrons. The second-order valence-corrected chi connectivity index (χ2v) is 5.71. The van der Waals surface area contributed by atoms with E-state index in [9.17, 15) is 4.79 Å². The molecule has 5 heteroatoms. The molecule has 20 heavy (non-hydrogen) atoms. The van der Waals surface area contributed by atoms with Crippen molar-refractivity contribution >= 4 is 27.6 Å². The Labute approximate surface area is 125 Å². The van der Waals surface area contributed by atoms with E-state index < -0.39 is 5.97 Å². The standard InChI is InChI=1S/C15H16BrNO3/c1-8-4-11(16)5-9(2)13(8)17-7-12-6-10(3)14(20-12)15(18)19/h4-6,17H,7H2,1-3H3,(H,18,19). The van der Waals surface area contributed by atoms with Crippen molar-refractivity contribution in [2.75, 3.05) is 5.32 Å². The lowest BCUT2D eigenvalue weighted by Gasteiger charge is -2.12. The Kier molecular flexibility index (Phi) is 4.18. The Hall–Kier alpha value is -1.75. The third-order valence-corrected chi connectivity index (χ3v) is 3.56. The van der Waals surface area contributed by atoms with Crippen LogP contribution in [0, 0.1) is 20.8 Å². The quantitative estimate of drug-likeness (QED) is 0.874. The van der Waals surface area contributed by atoms with Crippen molar-refractivity contribution in [2.45, 2.75) is 27.3 Å². The van der Waals surface area contributed by atoms with E-state index in [0.717, 1.165) is 21.3 Å². The number of hydrogen-bond donors (Lipinski definition) is 2. The summed E-state index contributed by atoms with van der Waals surface area (Å²) in [6.07, 6.45) is 0. The monoisotopic (exact) mass is 337 g/mol. The number of benzene rings is 1. The highest BCUT2D eigenvalue weighted by atomic mass is 79.9. The highest BCUT2D eigenvalue weighted by molar-refractivity contribution is 9.10. The first-order chi connectivity index (χ1) is 9.38. The number of carboxylic acid groups (broad SMARTS) is 1. The van der Waals surface area contributed by atoms with Gasteiger partial charge >= 0.3 is 5.97 Å². The SMILES string of the molecule is Cc1cc(CNc2c(C)cc(Br)cc2C)oc1C(=O)O. The number of carboxylic acids is 1. The number of carbonyl (C=O) groups is 1. The summed E-state index contributed by atoms with van der Waals surface area (Å²) in [6, 6.07) is 5.82. The van der Waals surface area contributed by atoms with Crippen molar-refractivity contribution in [1.82, 2.24) is 0 Å². The van der Waals surface area contributed by atoms with Crippen LogP contribution in [0.25, 0.3) is 0 Å². The number of halogens is 1. The molecule has 0 aliphatic rings. The Bertz CT molecular complexity index is 638. The molecule has 1 heterocycles. The number of hydrogen-bond acceptors (Lipinski definition) is 3. The Morgan fingerprint density at radius 2 is 1.80 bits per heavy atom. The molecule has 0 saturated carbocycles. The minimum Gasteiger partial charge on any atom is -0.475 e. The highest BCUT2D eigenvalue weighted by Crippen LogP contribution is 2.26. The van der Waals surface area contributed by atoms with E-state index in [1.165, 1.54) is 0 Å².